The van der Waals surface area contributed by atoms with E-state index in [2.05, 4.69) is 37.9 Å². The van der Waals surface area contributed by atoms with Crippen LogP contribution in [0.25, 0.3) is 0 Å². The Hall–Kier alpha value is -1.64. The number of rotatable bonds is 7. The van der Waals surface area contributed by atoms with Crippen molar-refractivity contribution in [2.24, 2.45) is 0 Å². The molecule has 1 saturated carbocycles. The van der Waals surface area contributed by atoms with Gasteiger partial charge in [-0.1, -0.05) is 48.3 Å². The van der Waals surface area contributed by atoms with Crippen LogP contribution in [0.2, 0.25) is 5.02 Å². The molecule has 0 atom stereocenters. The third-order valence-corrected chi connectivity index (χ3v) is 6.92. The van der Waals surface area contributed by atoms with Crippen LogP contribution in [-0.4, -0.2) is 55.9 Å². The normalized spacial score (nSPS) is 18.9. The fourth-order valence-corrected chi connectivity index (χ4v) is 5.02. The van der Waals surface area contributed by atoms with E-state index < -0.39 is 0 Å². The van der Waals surface area contributed by atoms with Crippen molar-refractivity contribution in [2.45, 2.75) is 62.3 Å². The molecule has 156 valence electrons. The summed E-state index contributed by atoms with van der Waals surface area (Å²) >= 11 is 7.39. The lowest BCUT2D eigenvalue weighted by Crippen LogP contribution is -2.44. The summed E-state index contributed by atoms with van der Waals surface area (Å²) in [5.74, 6) is 0.421. The lowest BCUT2D eigenvalue weighted by molar-refractivity contribution is -0.119. The van der Waals surface area contributed by atoms with E-state index in [9.17, 15) is 4.79 Å². The van der Waals surface area contributed by atoms with Gasteiger partial charge in [-0.2, -0.15) is 0 Å². The molecule has 1 saturated heterocycles. The molecule has 29 heavy (non-hydrogen) atoms. The van der Waals surface area contributed by atoms with Gasteiger partial charge in [0.05, 0.1) is 11.8 Å². The largest absolute Gasteiger partial charge is 0.353 e. The van der Waals surface area contributed by atoms with Gasteiger partial charge in [-0.3, -0.25) is 9.69 Å². The summed E-state index contributed by atoms with van der Waals surface area (Å²) in [7, 11) is 0. The molecule has 1 N–H and O–H groups in total. The second-order valence-electron chi connectivity index (χ2n) is 7.88. The first-order valence-corrected chi connectivity index (χ1v) is 11.7. The van der Waals surface area contributed by atoms with Gasteiger partial charge in [-0.25, -0.2) is 4.68 Å². The predicted octanol–water partition coefficient (Wildman–Crippen LogP) is 3.31. The van der Waals surface area contributed by atoms with Crippen molar-refractivity contribution in [3.63, 3.8) is 0 Å². The van der Waals surface area contributed by atoms with Crippen LogP contribution in [0.5, 0.6) is 0 Å². The summed E-state index contributed by atoms with van der Waals surface area (Å²) in [6, 6.07) is 8.66. The number of benzene rings is 1. The van der Waals surface area contributed by atoms with Gasteiger partial charge in [-0.15, -0.1) is 5.10 Å². The molecular weight excluding hydrogens is 408 g/mol. The zero-order valence-electron chi connectivity index (χ0n) is 16.5. The predicted molar refractivity (Wildman–Crippen MR) is 114 cm³/mol. The number of carbonyl (C=O) groups excluding carboxylic acids is 1. The molecule has 0 bridgehead atoms. The van der Waals surface area contributed by atoms with E-state index in [1.807, 2.05) is 16.8 Å². The van der Waals surface area contributed by atoms with Crippen LogP contribution in [0.3, 0.4) is 0 Å². The number of carbonyl (C=O) groups is 1. The standard InChI is InChI=1S/C20H27ClN6OS/c21-16-7-5-15(6-8-16)13-26-11-9-17(10-12-26)22-19(28)14-29-20-23-24-25-27(20)18-3-1-2-4-18/h5-8,17-18H,1-4,9-14H2,(H,22,28). The van der Waals surface area contributed by atoms with Gasteiger partial charge in [-0.05, 0) is 53.8 Å². The van der Waals surface area contributed by atoms with Crippen molar-refractivity contribution in [1.82, 2.24) is 30.4 Å². The van der Waals surface area contributed by atoms with Gasteiger partial charge in [0, 0.05) is 30.7 Å². The van der Waals surface area contributed by atoms with Gasteiger partial charge < -0.3 is 5.32 Å². The van der Waals surface area contributed by atoms with Crippen LogP contribution in [0.1, 0.15) is 50.1 Å². The Morgan fingerprint density at radius 2 is 1.86 bits per heavy atom. The molecule has 2 heterocycles. The van der Waals surface area contributed by atoms with Crippen molar-refractivity contribution in [3.8, 4) is 0 Å². The van der Waals surface area contributed by atoms with Gasteiger partial charge in [0.2, 0.25) is 11.1 Å². The molecule has 9 heteroatoms. The highest BCUT2D eigenvalue weighted by atomic mass is 35.5. The molecule has 0 unspecified atom stereocenters. The third-order valence-electron chi connectivity index (χ3n) is 5.74. The molecule has 1 aliphatic heterocycles. The van der Waals surface area contributed by atoms with E-state index >= 15 is 0 Å². The van der Waals surface area contributed by atoms with Crippen LogP contribution in [-0.2, 0) is 11.3 Å². The summed E-state index contributed by atoms with van der Waals surface area (Å²) in [5.41, 5.74) is 1.27. The lowest BCUT2D eigenvalue weighted by atomic mass is 10.0. The molecule has 7 nitrogen and oxygen atoms in total. The molecule has 2 aliphatic rings. The molecule has 1 amide bonds. The average molecular weight is 435 g/mol. The first kappa shape index (κ1) is 20.6. The number of tetrazole rings is 1. The maximum absolute atomic E-state index is 12.4. The fraction of sp³-hybridized carbons (Fsp3) is 0.600. The molecule has 1 aliphatic carbocycles. The van der Waals surface area contributed by atoms with E-state index in [-0.39, 0.29) is 11.9 Å². The van der Waals surface area contributed by atoms with Crippen molar-refractivity contribution in [1.29, 1.82) is 0 Å². The molecule has 2 fully saturated rings. The van der Waals surface area contributed by atoms with E-state index in [1.165, 1.54) is 30.2 Å². The number of nitrogens with one attached hydrogen (secondary N) is 1. The van der Waals surface area contributed by atoms with E-state index in [0.717, 1.165) is 55.5 Å². The highest BCUT2D eigenvalue weighted by Crippen LogP contribution is 2.31. The molecule has 0 spiro atoms. The second kappa shape index (κ2) is 9.91. The minimum absolute atomic E-state index is 0.0622. The van der Waals surface area contributed by atoms with Crippen LogP contribution < -0.4 is 5.32 Å². The Kier molecular flexibility index (Phi) is 7.05. The Balaban J connectivity index is 1.18. The lowest BCUT2D eigenvalue weighted by Gasteiger charge is -2.32. The van der Waals surface area contributed by atoms with Crippen LogP contribution in [0.15, 0.2) is 29.4 Å². The minimum atomic E-state index is 0.0622. The second-order valence-corrected chi connectivity index (χ2v) is 9.26. The number of likely N-dealkylation sites (tertiary alicyclic amines) is 1. The Morgan fingerprint density at radius 1 is 1.14 bits per heavy atom. The minimum Gasteiger partial charge on any atom is -0.353 e. The zero-order chi connectivity index (χ0) is 20.1. The molecule has 1 aromatic carbocycles. The van der Waals surface area contributed by atoms with Crippen LogP contribution in [0.4, 0.5) is 0 Å². The Labute approximate surface area is 180 Å². The van der Waals surface area contributed by atoms with Crippen molar-refractivity contribution in [3.05, 3.63) is 34.9 Å². The maximum atomic E-state index is 12.4. The monoisotopic (exact) mass is 434 g/mol. The van der Waals surface area contributed by atoms with E-state index in [0.29, 0.717) is 11.8 Å². The first-order valence-electron chi connectivity index (χ1n) is 10.3. The highest BCUT2D eigenvalue weighted by molar-refractivity contribution is 7.99. The number of nitrogens with zero attached hydrogens (tertiary/aromatic N) is 5. The molecule has 0 radical (unpaired) electrons. The first-order chi connectivity index (χ1) is 14.2. The summed E-state index contributed by atoms with van der Waals surface area (Å²) in [4.78, 5) is 14.8. The topological polar surface area (TPSA) is 75.9 Å². The van der Waals surface area contributed by atoms with Gasteiger partial charge in [0.15, 0.2) is 0 Å². The Morgan fingerprint density at radius 3 is 2.59 bits per heavy atom. The number of hydrogen-bond acceptors (Lipinski definition) is 6. The van der Waals surface area contributed by atoms with Gasteiger partial charge >= 0.3 is 0 Å². The third kappa shape index (κ3) is 5.71. The number of piperidine rings is 1. The summed E-state index contributed by atoms with van der Waals surface area (Å²) < 4.78 is 1.90. The fourth-order valence-electron chi connectivity index (χ4n) is 4.14. The smallest absolute Gasteiger partial charge is 0.230 e. The molecule has 2 aromatic rings. The molecule has 1 aromatic heterocycles. The molecule has 4 rings (SSSR count). The molecular formula is C20H27ClN6OS. The van der Waals surface area contributed by atoms with Gasteiger partial charge in [0.1, 0.15) is 0 Å². The summed E-state index contributed by atoms with van der Waals surface area (Å²) in [5, 5.41) is 16.7. The van der Waals surface area contributed by atoms with Crippen molar-refractivity contribution < 1.29 is 4.79 Å². The highest BCUT2D eigenvalue weighted by Gasteiger charge is 2.23. The van der Waals surface area contributed by atoms with Crippen molar-refractivity contribution >= 4 is 29.3 Å². The summed E-state index contributed by atoms with van der Waals surface area (Å²) in [6.07, 6.45) is 6.66. The van der Waals surface area contributed by atoms with E-state index in [1.54, 1.807) is 0 Å². The summed E-state index contributed by atoms with van der Waals surface area (Å²) in [6.45, 7) is 2.90. The zero-order valence-corrected chi connectivity index (χ0v) is 18.0. The number of thioether (sulfide) groups is 1. The van der Waals surface area contributed by atoms with Crippen LogP contribution >= 0.6 is 23.4 Å². The quantitative estimate of drug-likeness (QED) is 0.673. The number of hydrogen-bond donors (Lipinski definition) is 1. The number of aromatic nitrogens is 4. The number of amides is 1. The van der Waals surface area contributed by atoms with Crippen molar-refractivity contribution in [2.75, 3.05) is 18.8 Å². The number of halogens is 1. The van der Waals surface area contributed by atoms with E-state index in [4.69, 9.17) is 11.6 Å². The SMILES string of the molecule is O=C(CSc1nnnn1C1CCCC1)NC1CCN(Cc2ccc(Cl)cc2)CC1. The van der Waals surface area contributed by atoms with Gasteiger partial charge in [0.25, 0.3) is 0 Å². The average Bonchev–Trinajstić information content (AvgIpc) is 3.41. The maximum Gasteiger partial charge on any atom is 0.230 e. The van der Waals surface area contributed by atoms with Crippen LogP contribution in [0, 0.1) is 0 Å². The Bertz CT molecular complexity index is 800.